The molecular weight excluding hydrogens is 348 g/mol. The number of nitrogens with two attached hydrogens (primary N) is 1. The van der Waals surface area contributed by atoms with Crippen LogP contribution in [-0.2, 0) is 6.42 Å². The maximum atomic E-state index is 5.91. The van der Waals surface area contributed by atoms with E-state index in [0.717, 1.165) is 24.8 Å². The van der Waals surface area contributed by atoms with Gasteiger partial charge in [0.05, 0.1) is 0 Å². The lowest BCUT2D eigenvalue weighted by Gasteiger charge is -2.03. The van der Waals surface area contributed by atoms with Gasteiger partial charge in [-0.15, -0.1) is 0 Å². The molecule has 5 nitrogen and oxygen atoms in total. The average molecular weight is 383 g/mol. The molecular formula is C23H34N4O. The summed E-state index contributed by atoms with van der Waals surface area (Å²) in [7, 11) is 0. The molecule has 152 valence electrons. The molecule has 5 heteroatoms. The van der Waals surface area contributed by atoms with Gasteiger partial charge in [0, 0.05) is 11.5 Å². The minimum absolute atomic E-state index is 0.248. The number of aromatic nitrogens is 2. The van der Waals surface area contributed by atoms with Crippen LogP contribution in [0.2, 0.25) is 0 Å². The molecule has 2 N–H and O–H groups in total. The van der Waals surface area contributed by atoms with E-state index in [0.29, 0.717) is 17.6 Å². The van der Waals surface area contributed by atoms with Crippen molar-refractivity contribution < 1.29 is 4.52 Å². The maximum Gasteiger partial charge on any atom is 0.349 e. The molecule has 0 amide bonds. The molecule has 28 heavy (non-hydrogen) atoms. The summed E-state index contributed by atoms with van der Waals surface area (Å²) < 4.78 is 5.20. The maximum absolute atomic E-state index is 5.91. The Hall–Kier alpha value is -2.17. The van der Waals surface area contributed by atoms with Crippen LogP contribution in [0.4, 0.5) is 6.01 Å². The molecule has 0 bridgehead atoms. The van der Waals surface area contributed by atoms with Gasteiger partial charge in [0.15, 0.2) is 0 Å². The Morgan fingerprint density at radius 1 is 1.00 bits per heavy atom. The molecule has 1 aliphatic carbocycles. The summed E-state index contributed by atoms with van der Waals surface area (Å²) in [4.78, 5) is 8.56. The van der Waals surface area contributed by atoms with E-state index >= 15 is 0 Å². The lowest BCUT2D eigenvalue weighted by atomic mass is 10.0. The Kier molecular flexibility index (Phi) is 8.07. The molecule has 1 saturated carbocycles. The monoisotopic (exact) mass is 382 g/mol. The molecule has 1 aromatic carbocycles. The van der Waals surface area contributed by atoms with E-state index in [-0.39, 0.29) is 6.01 Å². The van der Waals surface area contributed by atoms with Crippen molar-refractivity contribution >= 4 is 11.9 Å². The Morgan fingerprint density at radius 2 is 1.64 bits per heavy atom. The molecule has 1 fully saturated rings. The van der Waals surface area contributed by atoms with E-state index in [4.69, 9.17) is 10.3 Å². The van der Waals surface area contributed by atoms with Gasteiger partial charge in [-0.2, -0.15) is 9.98 Å². The first kappa shape index (κ1) is 20.6. The smallest absolute Gasteiger partial charge is 0.349 e. The summed E-state index contributed by atoms with van der Waals surface area (Å²) in [6.07, 6.45) is 15.6. The minimum Gasteiger partial charge on any atom is -0.387 e. The van der Waals surface area contributed by atoms with E-state index < -0.39 is 0 Å². The molecule has 0 aliphatic heterocycles. The molecule has 0 spiro atoms. The Bertz CT molecular complexity index is 731. The molecule has 1 aliphatic rings. The summed E-state index contributed by atoms with van der Waals surface area (Å²) in [5.74, 6) is 1.57. The van der Waals surface area contributed by atoms with Gasteiger partial charge in [-0.3, -0.25) is 0 Å². The fraction of sp³-hybridized carbons (Fsp3) is 0.609. The topological polar surface area (TPSA) is 77.3 Å². The van der Waals surface area contributed by atoms with E-state index in [9.17, 15) is 0 Å². The zero-order chi connectivity index (χ0) is 19.6. The van der Waals surface area contributed by atoms with Crippen molar-refractivity contribution in [3.8, 4) is 11.4 Å². The van der Waals surface area contributed by atoms with E-state index in [1.54, 1.807) is 0 Å². The predicted octanol–water partition coefficient (Wildman–Crippen LogP) is 6.21. The number of benzene rings is 1. The van der Waals surface area contributed by atoms with Crippen LogP contribution in [-0.4, -0.2) is 16.0 Å². The van der Waals surface area contributed by atoms with Gasteiger partial charge in [0.25, 0.3) is 0 Å². The molecule has 1 heterocycles. The van der Waals surface area contributed by atoms with Crippen molar-refractivity contribution in [2.24, 2.45) is 16.6 Å². The molecule has 0 radical (unpaired) electrons. The van der Waals surface area contributed by atoms with E-state index in [1.807, 2.05) is 0 Å². The lowest BCUT2D eigenvalue weighted by molar-refractivity contribution is 0.430. The van der Waals surface area contributed by atoms with Gasteiger partial charge in [0.1, 0.15) is 5.84 Å². The Balaban J connectivity index is 1.37. The van der Waals surface area contributed by atoms with Crippen molar-refractivity contribution in [1.82, 2.24) is 10.1 Å². The molecule has 1 aromatic heterocycles. The van der Waals surface area contributed by atoms with Crippen LogP contribution < -0.4 is 5.73 Å². The first-order valence-corrected chi connectivity index (χ1v) is 11.0. The fourth-order valence-corrected chi connectivity index (χ4v) is 3.42. The van der Waals surface area contributed by atoms with Crippen molar-refractivity contribution in [3.63, 3.8) is 0 Å². The number of unbranched alkanes of at least 4 members (excludes halogenated alkanes) is 8. The number of hydrogen-bond donors (Lipinski definition) is 1. The quantitative estimate of drug-likeness (QED) is 0.254. The summed E-state index contributed by atoms with van der Waals surface area (Å²) >= 11 is 0. The predicted molar refractivity (Wildman–Crippen MR) is 115 cm³/mol. The molecule has 0 unspecified atom stereocenters. The number of hydrogen-bond acceptors (Lipinski definition) is 4. The molecule has 3 rings (SSSR count). The van der Waals surface area contributed by atoms with Gasteiger partial charge >= 0.3 is 6.01 Å². The highest BCUT2D eigenvalue weighted by atomic mass is 16.5. The third-order valence-electron chi connectivity index (χ3n) is 5.42. The highest BCUT2D eigenvalue weighted by Crippen LogP contribution is 2.30. The van der Waals surface area contributed by atoms with Crippen LogP contribution in [0.15, 0.2) is 33.8 Å². The van der Waals surface area contributed by atoms with Crippen molar-refractivity contribution in [1.29, 1.82) is 0 Å². The van der Waals surface area contributed by atoms with E-state index in [1.165, 1.54) is 63.4 Å². The van der Waals surface area contributed by atoms with Gasteiger partial charge in [0.2, 0.25) is 5.82 Å². The first-order chi connectivity index (χ1) is 13.8. The molecule has 2 aromatic rings. The van der Waals surface area contributed by atoms with Gasteiger partial charge in [-0.05, 0) is 31.2 Å². The number of rotatable bonds is 13. The van der Waals surface area contributed by atoms with Crippen molar-refractivity contribution in [3.05, 3.63) is 29.8 Å². The van der Waals surface area contributed by atoms with Gasteiger partial charge in [-0.1, -0.05) is 87.7 Å². The zero-order valence-corrected chi connectivity index (χ0v) is 17.2. The largest absolute Gasteiger partial charge is 0.387 e. The zero-order valence-electron chi connectivity index (χ0n) is 17.2. The third kappa shape index (κ3) is 6.77. The van der Waals surface area contributed by atoms with Crippen LogP contribution in [0.25, 0.3) is 11.4 Å². The summed E-state index contributed by atoms with van der Waals surface area (Å²) in [6, 6.07) is 8.70. The second-order valence-electron chi connectivity index (χ2n) is 7.99. The van der Waals surface area contributed by atoms with Crippen molar-refractivity contribution in [2.45, 2.75) is 84.0 Å². The fourth-order valence-electron chi connectivity index (χ4n) is 3.42. The minimum atomic E-state index is 0.248. The van der Waals surface area contributed by atoms with E-state index in [2.05, 4.69) is 46.3 Å². The number of aliphatic imine (C=N–C) groups is 1. The highest BCUT2D eigenvalue weighted by molar-refractivity contribution is 5.86. The molecule has 0 atom stereocenters. The second-order valence-corrected chi connectivity index (χ2v) is 7.99. The second kappa shape index (κ2) is 11.0. The average Bonchev–Trinajstić information content (AvgIpc) is 3.47. The SMILES string of the molecule is CCCCCCCCCCCc1ccc(-c2noc(/N=C(\N)C3CC3)n2)cc1. The van der Waals surface area contributed by atoms with Gasteiger partial charge < -0.3 is 10.3 Å². The third-order valence-corrected chi connectivity index (χ3v) is 5.42. The summed E-state index contributed by atoms with van der Waals surface area (Å²) in [6.45, 7) is 2.27. The normalized spacial score (nSPS) is 14.5. The molecule has 0 saturated heterocycles. The van der Waals surface area contributed by atoms with Crippen LogP contribution >= 0.6 is 0 Å². The van der Waals surface area contributed by atoms with Crippen LogP contribution in [0.3, 0.4) is 0 Å². The Morgan fingerprint density at radius 3 is 2.29 bits per heavy atom. The first-order valence-electron chi connectivity index (χ1n) is 11.0. The number of aryl methyl sites for hydroxylation is 1. The summed E-state index contributed by atoms with van der Waals surface area (Å²) in [5.41, 5.74) is 8.22. The summed E-state index contributed by atoms with van der Waals surface area (Å²) in [5, 5.41) is 4.02. The Labute approximate surface area is 168 Å². The standard InChI is InChI=1S/C23H34N4O/c1-2-3-4-5-6-7-8-9-10-11-18-12-14-20(15-13-18)22-26-23(28-27-22)25-21(24)19-16-17-19/h12-15,19H,2-11,16-17H2,1H3,(H2,24,25,26,27). The highest BCUT2D eigenvalue weighted by Gasteiger charge is 2.26. The van der Waals surface area contributed by atoms with Crippen LogP contribution in [0.1, 0.15) is 83.1 Å². The van der Waals surface area contributed by atoms with Crippen LogP contribution in [0, 0.1) is 5.92 Å². The number of nitrogens with zero attached hydrogens (tertiary/aromatic N) is 3. The van der Waals surface area contributed by atoms with Crippen LogP contribution in [0.5, 0.6) is 0 Å². The number of amidine groups is 1. The lowest BCUT2D eigenvalue weighted by Crippen LogP contribution is -2.13. The van der Waals surface area contributed by atoms with Crippen molar-refractivity contribution in [2.75, 3.05) is 0 Å². The van der Waals surface area contributed by atoms with Gasteiger partial charge in [-0.25, -0.2) is 0 Å².